The monoisotopic (exact) mass is 381 g/mol. The molecule has 1 unspecified atom stereocenters. The van der Waals surface area contributed by atoms with Gasteiger partial charge < -0.3 is 4.90 Å². The maximum absolute atomic E-state index is 13.0. The van der Waals surface area contributed by atoms with Crippen LogP contribution in [0.2, 0.25) is 5.02 Å². The maximum Gasteiger partial charge on any atom is 0.253 e. The van der Waals surface area contributed by atoms with Gasteiger partial charge in [0.1, 0.15) is 5.82 Å². The van der Waals surface area contributed by atoms with Gasteiger partial charge in [0.2, 0.25) is 0 Å². The van der Waals surface area contributed by atoms with Gasteiger partial charge in [-0.05, 0) is 42.3 Å². The number of hydrogen-bond acceptors (Lipinski definition) is 3. The number of carbonyl (C=O) groups is 1. The van der Waals surface area contributed by atoms with Gasteiger partial charge in [0.25, 0.3) is 5.91 Å². The third kappa shape index (κ3) is 3.85. The lowest BCUT2D eigenvalue weighted by Gasteiger charge is -2.20. The maximum atomic E-state index is 13.0. The molecule has 0 N–H and O–H groups in total. The Hall–Kier alpha value is -1.92. The Morgan fingerprint density at radius 3 is 2.44 bits per heavy atom. The zero-order chi connectivity index (χ0) is 18.0. The van der Waals surface area contributed by atoms with Gasteiger partial charge in [-0.1, -0.05) is 29.8 Å². The van der Waals surface area contributed by atoms with E-state index in [4.69, 9.17) is 11.6 Å². The molecule has 1 fully saturated rings. The summed E-state index contributed by atoms with van der Waals surface area (Å²) in [6.07, 6.45) is 0.277. The Bertz CT molecular complexity index is 883. The van der Waals surface area contributed by atoms with Crippen LogP contribution < -0.4 is 0 Å². The number of nitrogens with zero attached hydrogens (tertiary/aromatic N) is 1. The van der Waals surface area contributed by atoms with Gasteiger partial charge in [0, 0.05) is 23.7 Å². The average Bonchev–Trinajstić information content (AvgIpc) is 2.74. The Balaban J connectivity index is 1.84. The van der Waals surface area contributed by atoms with Gasteiger partial charge in [-0.25, -0.2) is 12.8 Å². The van der Waals surface area contributed by atoms with Gasteiger partial charge in [-0.3, -0.25) is 4.79 Å². The molecule has 0 radical (unpaired) electrons. The molecule has 1 amide bonds. The Morgan fingerprint density at radius 2 is 1.76 bits per heavy atom. The first-order chi connectivity index (χ1) is 11.9. The number of benzene rings is 2. The quantitative estimate of drug-likeness (QED) is 0.800. The van der Waals surface area contributed by atoms with E-state index >= 15 is 0 Å². The molecule has 1 heterocycles. The fraction of sp³-hybridized carbons (Fsp3) is 0.278. The van der Waals surface area contributed by atoms with Crippen molar-refractivity contribution in [2.75, 3.05) is 18.8 Å². The highest BCUT2D eigenvalue weighted by Crippen LogP contribution is 2.34. The number of hydrogen-bond donors (Lipinski definition) is 0. The number of halogens is 2. The van der Waals surface area contributed by atoms with E-state index in [-0.39, 0.29) is 24.6 Å². The number of rotatable bonds is 2. The van der Waals surface area contributed by atoms with Crippen LogP contribution in [-0.4, -0.2) is 38.1 Å². The lowest BCUT2D eigenvalue weighted by Crippen LogP contribution is -2.33. The zero-order valence-corrected chi connectivity index (χ0v) is 14.9. The standard InChI is InChI=1S/C18H17ClFNO3S/c19-16-4-2-1-3-15(16)17-9-10-21(11-12-25(17,23)24)18(22)13-5-7-14(20)8-6-13/h1-8,17H,9-12H2. The van der Waals surface area contributed by atoms with Crippen molar-refractivity contribution in [1.29, 1.82) is 0 Å². The van der Waals surface area contributed by atoms with Gasteiger partial charge in [-0.2, -0.15) is 0 Å². The molecule has 1 saturated heterocycles. The van der Waals surface area contributed by atoms with Crippen LogP contribution >= 0.6 is 11.6 Å². The Kier molecular flexibility index (Phi) is 5.11. The van der Waals surface area contributed by atoms with Gasteiger partial charge in [0.05, 0.1) is 11.0 Å². The third-order valence-electron chi connectivity index (χ3n) is 4.37. The Labute approximate surface area is 151 Å². The topological polar surface area (TPSA) is 54.5 Å². The molecule has 25 heavy (non-hydrogen) atoms. The predicted molar refractivity (Wildman–Crippen MR) is 94.9 cm³/mol. The zero-order valence-electron chi connectivity index (χ0n) is 13.4. The lowest BCUT2D eigenvalue weighted by atomic mass is 10.1. The van der Waals surface area contributed by atoms with E-state index in [1.807, 2.05) is 0 Å². The minimum atomic E-state index is -3.43. The van der Waals surface area contributed by atoms with Crippen molar-refractivity contribution < 1.29 is 17.6 Å². The summed E-state index contributed by atoms with van der Waals surface area (Å²) in [6.45, 7) is 0.408. The molecule has 1 aliphatic rings. The molecule has 0 spiro atoms. The molecule has 0 aliphatic carbocycles. The van der Waals surface area contributed by atoms with Crippen LogP contribution in [0.25, 0.3) is 0 Å². The summed E-state index contributed by atoms with van der Waals surface area (Å²) in [6, 6.07) is 12.1. The van der Waals surface area contributed by atoms with Crippen molar-refractivity contribution in [3.05, 3.63) is 70.5 Å². The van der Waals surface area contributed by atoms with Crippen LogP contribution in [0.5, 0.6) is 0 Å². The van der Waals surface area contributed by atoms with Crippen LogP contribution in [0.3, 0.4) is 0 Å². The largest absolute Gasteiger partial charge is 0.338 e. The Morgan fingerprint density at radius 1 is 1.08 bits per heavy atom. The normalized spacial score (nSPS) is 20.1. The first-order valence-corrected chi connectivity index (χ1v) is 9.98. The first-order valence-electron chi connectivity index (χ1n) is 7.89. The van der Waals surface area contributed by atoms with Crippen LogP contribution in [0.4, 0.5) is 4.39 Å². The van der Waals surface area contributed by atoms with Gasteiger partial charge in [-0.15, -0.1) is 0 Å². The highest BCUT2D eigenvalue weighted by Gasteiger charge is 2.33. The predicted octanol–water partition coefficient (Wildman–Crippen LogP) is 3.48. The van der Waals surface area contributed by atoms with Crippen molar-refractivity contribution in [2.45, 2.75) is 11.7 Å². The van der Waals surface area contributed by atoms with Crippen molar-refractivity contribution >= 4 is 27.3 Å². The smallest absolute Gasteiger partial charge is 0.253 e. The molecule has 4 nitrogen and oxygen atoms in total. The second-order valence-electron chi connectivity index (χ2n) is 5.96. The van der Waals surface area contributed by atoms with Crippen LogP contribution in [0.1, 0.15) is 27.6 Å². The van der Waals surface area contributed by atoms with Crippen molar-refractivity contribution in [3.8, 4) is 0 Å². The molecule has 0 saturated carbocycles. The molecule has 7 heteroatoms. The molecule has 0 bridgehead atoms. The molecular formula is C18H17ClFNO3S. The molecule has 1 atom stereocenters. The van der Waals surface area contributed by atoms with Gasteiger partial charge >= 0.3 is 0 Å². The third-order valence-corrected chi connectivity index (χ3v) is 6.82. The van der Waals surface area contributed by atoms with Crippen LogP contribution in [0, 0.1) is 5.82 Å². The molecule has 3 rings (SSSR count). The fourth-order valence-corrected chi connectivity index (χ4v) is 5.16. The van der Waals surface area contributed by atoms with E-state index in [2.05, 4.69) is 0 Å². The van der Waals surface area contributed by atoms with E-state index < -0.39 is 20.9 Å². The lowest BCUT2D eigenvalue weighted by molar-refractivity contribution is 0.0766. The minimum Gasteiger partial charge on any atom is -0.338 e. The summed E-state index contributed by atoms with van der Waals surface area (Å²) in [5, 5.41) is -0.318. The molecular weight excluding hydrogens is 365 g/mol. The van der Waals surface area contributed by atoms with Crippen molar-refractivity contribution in [1.82, 2.24) is 4.90 Å². The van der Waals surface area contributed by atoms with E-state index in [0.717, 1.165) is 0 Å². The van der Waals surface area contributed by atoms with Gasteiger partial charge in [0.15, 0.2) is 9.84 Å². The van der Waals surface area contributed by atoms with Crippen molar-refractivity contribution in [3.63, 3.8) is 0 Å². The summed E-state index contributed by atoms with van der Waals surface area (Å²) < 4.78 is 38.3. The number of amides is 1. The highest BCUT2D eigenvalue weighted by molar-refractivity contribution is 7.91. The summed E-state index contributed by atoms with van der Waals surface area (Å²) >= 11 is 6.17. The molecule has 2 aromatic rings. The van der Waals surface area contributed by atoms with Crippen LogP contribution in [-0.2, 0) is 9.84 Å². The average molecular weight is 382 g/mol. The number of sulfone groups is 1. The summed E-state index contributed by atoms with van der Waals surface area (Å²) in [5.41, 5.74) is 0.912. The first kappa shape index (κ1) is 17.9. The molecule has 2 aromatic carbocycles. The minimum absolute atomic E-state index is 0.111. The molecule has 1 aliphatic heterocycles. The van der Waals surface area contributed by atoms with Crippen LogP contribution in [0.15, 0.2) is 48.5 Å². The van der Waals surface area contributed by atoms with Crippen molar-refractivity contribution in [2.24, 2.45) is 0 Å². The summed E-state index contributed by atoms with van der Waals surface area (Å²) in [5.74, 6) is -0.848. The molecule has 132 valence electrons. The second-order valence-corrected chi connectivity index (χ2v) is 8.68. The van der Waals surface area contributed by atoms with E-state index in [0.29, 0.717) is 22.7 Å². The van der Waals surface area contributed by atoms with E-state index in [1.54, 1.807) is 24.3 Å². The summed E-state index contributed by atoms with van der Waals surface area (Å²) in [4.78, 5) is 14.1. The SMILES string of the molecule is O=C(c1ccc(F)cc1)N1CCC(c2ccccc2Cl)S(=O)(=O)CC1. The second kappa shape index (κ2) is 7.14. The number of carbonyl (C=O) groups excluding carboxylic acids is 1. The van der Waals surface area contributed by atoms with E-state index in [1.165, 1.54) is 29.2 Å². The fourth-order valence-electron chi connectivity index (χ4n) is 3.01. The summed E-state index contributed by atoms with van der Waals surface area (Å²) in [7, 11) is -3.43. The molecule has 0 aromatic heterocycles. The highest BCUT2D eigenvalue weighted by atomic mass is 35.5. The van der Waals surface area contributed by atoms with E-state index in [9.17, 15) is 17.6 Å².